The van der Waals surface area contributed by atoms with Crippen molar-refractivity contribution in [2.24, 2.45) is 0 Å². The van der Waals surface area contributed by atoms with E-state index in [4.69, 9.17) is 0 Å². The van der Waals surface area contributed by atoms with Crippen LogP contribution < -0.4 is 5.32 Å². The monoisotopic (exact) mass is 256 g/mol. The summed E-state index contributed by atoms with van der Waals surface area (Å²) in [5, 5.41) is 12.6. The first-order valence-corrected chi connectivity index (χ1v) is 7.32. The van der Waals surface area contributed by atoms with Crippen LogP contribution >= 0.6 is 0 Å². The maximum absolute atomic E-state index is 11.3. The van der Waals surface area contributed by atoms with E-state index < -0.39 is 15.9 Å². The highest BCUT2D eigenvalue weighted by Crippen LogP contribution is 2.13. The molecule has 1 aliphatic rings. The van der Waals surface area contributed by atoms with E-state index in [0.717, 1.165) is 11.3 Å². The summed E-state index contributed by atoms with van der Waals surface area (Å²) in [7, 11) is -3.08. The number of sulfone groups is 1. The lowest BCUT2D eigenvalue weighted by atomic mass is 10.2. The summed E-state index contributed by atoms with van der Waals surface area (Å²) in [4.78, 5) is 4.15. The van der Waals surface area contributed by atoms with Gasteiger partial charge in [-0.15, -0.1) is 0 Å². The molecule has 0 spiro atoms. The van der Waals surface area contributed by atoms with Gasteiger partial charge in [0, 0.05) is 24.5 Å². The van der Waals surface area contributed by atoms with E-state index in [2.05, 4.69) is 10.3 Å². The van der Waals surface area contributed by atoms with Gasteiger partial charge in [-0.05, 0) is 18.6 Å². The molecule has 0 aliphatic carbocycles. The van der Waals surface area contributed by atoms with Crippen molar-refractivity contribution in [3.63, 3.8) is 0 Å². The van der Waals surface area contributed by atoms with Gasteiger partial charge in [0.05, 0.1) is 17.6 Å². The Bertz CT molecular complexity index is 484. The number of hydrogen-bond donors (Lipinski definition) is 2. The van der Waals surface area contributed by atoms with Crippen LogP contribution in [0.4, 0.5) is 0 Å². The lowest BCUT2D eigenvalue weighted by molar-refractivity contribution is 0.165. The van der Waals surface area contributed by atoms with Crippen molar-refractivity contribution in [1.82, 2.24) is 10.3 Å². The smallest absolute Gasteiger partial charge is 0.154 e. The zero-order valence-electron chi connectivity index (χ0n) is 9.63. The number of nitrogens with one attached hydrogen (secondary N) is 1. The fraction of sp³-hybridized carbons (Fsp3) is 0.545. The zero-order valence-corrected chi connectivity index (χ0v) is 10.4. The summed E-state index contributed by atoms with van der Waals surface area (Å²) in [6.45, 7) is 2.43. The van der Waals surface area contributed by atoms with Crippen LogP contribution in [0.25, 0.3) is 0 Å². The average Bonchev–Trinajstić information content (AvgIpc) is 2.51. The Balaban J connectivity index is 1.93. The Labute approximate surface area is 101 Å². The standard InChI is InChI=1S/C11H16N2O3S/c1-8-2-3-9(4-12-8)5-13-10-6-17(15,16)7-11(10)14/h2-4,10-11,13-14H,5-7H2,1H3. The van der Waals surface area contributed by atoms with Gasteiger partial charge in [0.25, 0.3) is 0 Å². The zero-order chi connectivity index (χ0) is 12.5. The number of aliphatic hydroxyl groups excluding tert-OH is 1. The normalized spacial score (nSPS) is 27.2. The molecular formula is C11H16N2O3S. The van der Waals surface area contributed by atoms with Gasteiger partial charge in [0.15, 0.2) is 9.84 Å². The van der Waals surface area contributed by atoms with Crippen molar-refractivity contribution in [3.05, 3.63) is 29.6 Å². The molecule has 17 heavy (non-hydrogen) atoms. The number of hydrogen-bond acceptors (Lipinski definition) is 5. The summed E-state index contributed by atoms with van der Waals surface area (Å²) in [6, 6.07) is 3.46. The van der Waals surface area contributed by atoms with Gasteiger partial charge < -0.3 is 10.4 Å². The van der Waals surface area contributed by atoms with Gasteiger partial charge in [-0.2, -0.15) is 0 Å². The number of aromatic nitrogens is 1. The molecule has 1 saturated heterocycles. The Hall–Kier alpha value is -0.980. The van der Waals surface area contributed by atoms with Crippen LogP contribution in [0.2, 0.25) is 0 Å². The predicted octanol–water partition coefficient (Wildman–Crippen LogP) is -0.362. The third-order valence-corrected chi connectivity index (χ3v) is 4.58. The minimum Gasteiger partial charge on any atom is -0.390 e. The molecule has 1 aliphatic heterocycles. The highest BCUT2D eigenvalue weighted by Gasteiger charge is 2.35. The Morgan fingerprint density at radius 3 is 2.76 bits per heavy atom. The lowest BCUT2D eigenvalue weighted by Gasteiger charge is -2.14. The molecule has 0 aromatic carbocycles. The van der Waals surface area contributed by atoms with Gasteiger partial charge in [0.1, 0.15) is 0 Å². The molecule has 0 bridgehead atoms. The highest BCUT2D eigenvalue weighted by molar-refractivity contribution is 7.91. The van der Waals surface area contributed by atoms with Crippen molar-refractivity contribution in [1.29, 1.82) is 0 Å². The van der Waals surface area contributed by atoms with E-state index in [-0.39, 0.29) is 17.5 Å². The maximum Gasteiger partial charge on any atom is 0.154 e. The number of aliphatic hydroxyl groups is 1. The maximum atomic E-state index is 11.3. The fourth-order valence-corrected chi connectivity index (χ4v) is 3.65. The topological polar surface area (TPSA) is 79.3 Å². The third-order valence-electron chi connectivity index (χ3n) is 2.86. The fourth-order valence-electron chi connectivity index (χ4n) is 1.88. The van der Waals surface area contributed by atoms with E-state index in [9.17, 15) is 13.5 Å². The minimum atomic E-state index is -3.08. The van der Waals surface area contributed by atoms with Crippen LogP contribution in [0.3, 0.4) is 0 Å². The molecule has 6 heteroatoms. The molecule has 2 atom stereocenters. The van der Waals surface area contributed by atoms with E-state index >= 15 is 0 Å². The molecule has 0 amide bonds. The van der Waals surface area contributed by atoms with Crippen molar-refractivity contribution in [3.8, 4) is 0 Å². The summed E-state index contributed by atoms with van der Waals surface area (Å²) >= 11 is 0. The van der Waals surface area contributed by atoms with Crippen LogP contribution in [-0.4, -0.2) is 42.2 Å². The minimum absolute atomic E-state index is 0.00740. The number of nitrogens with zero attached hydrogens (tertiary/aromatic N) is 1. The molecule has 2 rings (SSSR count). The first kappa shape index (κ1) is 12.5. The second-order valence-corrected chi connectivity index (χ2v) is 6.59. The highest BCUT2D eigenvalue weighted by atomic mass is 32.2. The Morgan fingerprint density at radius 1 is 1.47 bits per heavy atom. The first-order chi connectivity index (χ1) is 7.96. The quantitative estimate of drug-likeness (QED) is 0.772. The van der Waals surface area contributed by atoms with E-state index in [1.807, 2.05) is 19.1 Å². The molecule has 1 fully saturated rings. The largest absolute Gasteiger partial charge is 0.390 e. The van der Waals surface area contributed by atoms with E-state index in [0.29, 0.717) is 6.54 Å². The molecule has 94 valence electrons. The SMILES string of the molecule is Cc1ccc(CNC2CS(=O)(=O)CC2O)cn1. The van der Waals surface area contributed by atoms with Gasteiger partial charge in [-0.25, -0.2) is 8.42 Å². The number of aryl methyl sites for hydroxylation is 1. The van der Waals surface area contributed by atoms with Crippen LogP contribution in [0.15, 0.2) is 18.3 Å². The van der Waals surface area contributed by atoms with Crippen LogP contribution in [-0.2, 0) is 16.4 Å². The van der Waals surface area contributed by atoms with E-state index in [1.165, 1.54) is 0 Å². The summed E-state index contributed by atoms with van der Waals surface area (Å²) < 4.78 is 22.6. The summed E-state index contributed by atoms with van der Waals surface area (Å²) in [6.07, 6.45) is 0.941. The molecular weight excluding hydrogens is 240 g/mol. The molecule has 0 radical (unpaired) electrons. The molecule has 2 unspecified atom stereocenters. The van der Waals surface area contributed by atoms with Crippen LogP contribution in [0, 0.1) is 6.92 Å². The second-order valence-electron chi connectivity index (χ2n) is 4.44. The van der Waals surface area contributed by atoms with Crippen molar-refractivity contribution in [2.75, 3.05) is 11.5 Å². The van der Waals surface area contributed by atoms with Crippen LogP contribution in [0.1, 0.15) is 11.3 Å². The number of pyridine rings is 1. The third kappa shape index (κ3) is 3.24. The predicted molar refractivity (Wildman–Crippen MR) is 64.3 cm³/mol. The van der Waals surface area contributed by atoms with Gasteiger partial charge >= 0.3 is 0 Å². The molecule has 0 saturated carbocycles. The Morgan fingerprint density at radius 2 is 2.24 bits per heavy atom. The van der Waals surface area contributed by atoms with Gasteiger partial charge in [0.2, 0.25) is 0 Å². The second kappa shape index (κ2) is 4.72. The summed E-state index contributed by atoms with van der Waals surface area (Å²) in [5.74, 6) is -0.135. The molecule has 2 N–H and O–H groups in total. The summed E-state index contributed by atoms with van der Waals surface area (Å²) in [5.41, 5.74) is 1.92. The van der Waals surface area contributed by atoms with Gasteiger partial charge in [-0.3, -0.25) is 4.98 Å². The van der Waals surface area contributed by atoms with E-state index in [1.54, 1.807) is 6.20 Å². The van der Waals surface area contributed by atoms with Gasteiger partial charge in [-0.1, -0.05) is 6.07 Å². The molecule has 5 nitrogen and oxygen atoms in total. The van der Waals surface area contributed by atoms with Crippen LogP contribution in [0.5, 0.6) is 0 Å². The number of rotatable bonds is 3. The van der Waals surface area contributed by atoms with Crippen molar-refractivity contribution in [2.45, 2.75) is 25.6 Å². The van der Waals surface area contributed by atoms with Crippen molar-refractivity contribution >= 4 is 9.84 Å². The van der Waals surface area contributed by atoms with Crippen molar-refractivity contribution < 1.29 is 13.5 Å². The first-order valence-electron chi connectivity index (χ1n) is 5.50. The molecule has 1 aromatic rings. The molecule has 2 heterocycles. The molecule has 1 aromatic heterocycles. The average molecular weight is 256 g/mol. The Kier molecular flexibility index (Phi) is 3.46. The lowest BCUT2D eigenvalue weighted by Crippen LogP contribution is -2.38.